The molecule has 3 aromatic rings. The molecule has 0 radical (unpaired) electrons. The fraction of sp³-hybridized carbons (Fsp3) is 0.211. The molecule has 8 nitrogen and oxygen atoms in total. The Hall–Kier alpha value is -3.29. The van der Waals surface area contributed by atoms with Crippen molar-refractivity contribution in [3.05, 3.63) is 65.7 Å². The van der Waals surface area contributed by atoms with Crippen molar-refractivity contribution in [3.63, 3.8) is 0 Å². The van der Waals surface area contributed by atoms with Crippen LogP contribution in [0.2, 0.25) is 0 Å². The molecule has 0 bridgehead atoms. The molecule has 1 aromatic heterocycles. The van der Waals surface area contributed by atoms with Gasteiger partial charge >= 0.3 is 6.01 Å². The number of nitriles is 1. The van der Waals surface area contributed by atoms with Gasteiger partial charge in [0.1, 0.15) is 11.6 Å². The van der Waals surface area contributed by atoms with Gasteiger partial charge in [0.15, 0.2) is 5.82 Å². The summed E-state index contributed by atoms with van der Waals surface area (Å²) in [5.74, 6) is 0.355. The fourth-order valence-electron chi connectivity index (χ4n) is 2.66. The van der Waals surface area contributed by atoms with E-state index in [1.54, 1.807) is 11.5 Å². The van der Waals surface area contributed by atoms with Crippen LogP contribution in [0.1, 0.15) is 31.3 Å². The van der Waals surface area contributed by atoms with Gasteiger partial charge in [-0.05, 0) is 62.4 Å². The Morgan fingerprint density at radius 1 is 1.17 bits per heavy atom. The molecule has 1 N–H and O–H groups in total. The van der Waals surface area contributed by atoms with Crippen molar-refractivity contribution in [2.45, 2.75) is 31.3 Å². The number of benzene rings is 2. The van der Waals surface area contributed by atoms with Crippen LogP contribution in [-0.4, -0.2) is 23.2 Å². The Morgan fingerprint density at radius 3 is 2.41 bits per heavy atom. The molecule has 0 fully saturated rings. The average Bonchev–Trinajstić information content (AvgIpc) is 3.12. The highest BCUT2D eigenvalue weighted by Crippen LogP contribution is 2.24. The van der Waals surface area contributed by atoms with Crippen LogP contribution in [0, 0.1) is 17.1 Å². The van der Waals surface area contributed by atoms with Crippen molar-refractivity contribution in [1.29, 1.82) is 5.26 Å². The highest BCUT2D eigenvalue weighted by atomic mass is 32.2. The van der Waals surface area contributed by atoms with E-state index in [2.05, 4.69) is 14.9 Å². The summed E-state index contributed by atoms with van der Waals surface area (Å²) in [7, 11) is -3.84. The van der Waals surface area contributed by atoms with E-state index in [0.29, 0.717) is 23.7 Å². The molecule has 0 aliphatic rings. The highest BCUT2D eigenvalue weighted by Gasteiger charge is 2.24. The van der Waals surface area contributed by atoms with Gasteiger partial charge < -0.3 is 4.74 Å². The number of sulfonamides is 1. The Morgan fingerprint density at radius 2 is 1.83 bits per heavy atom. The van der Waals surface area contributed by atoms with Crippen molar-refractivity contribution >= 4 is 10.0 Å². The molecular formula is C19H18FN5O3S. The first kappa shape index (κ1) is 20.4. The summed E-state index contributed by atoms with van der Waals surface area (Å²) >= 11 is 0. The molecule has 0 aliphatic heterocycles. The second-order valence-electron chi connectivity index (χ2n) is 6.12. The van der Waals surface area contributed by atoms with Gasteiger partial charge in [-0.1, -0.05) is 5.10 Å². The van der Waals surface area contributed by atoms with E-state index in [0.717, 1.165) is 0 Å². The molecule has 0 saturated carbocycles. The summed E-state index contributed by atoms with van der Waals surface area (Å²) in [5.41, 5.74) is 0.366. The van der Waals surface area contributed by atoms with Gasteiger partial charge in [-0.3, -0.25) is 4.57 Å². The maximum Gasteiger partial charge on any atom is 0.322 e. The van der Waals surface area contributed by atoms with Crippen LogP contribution in [0.5, 0.6) is 11.8 Å². The first-order valence-corrected chi connectivity index (χ1v) is 10.2. The Bertz CT molecular complexity index is 1140. The first-order chi connectivity index (χ1) is 13.8. The number of aromatic nitrogens is 3. The average molecular weight is 415 g/mol. The third-order valence-corrected chi connectivity index (χ3v) is 5.65. The van der Waals surface area contributed by atoms with E-state index >= 15 is 0 Å². The minimum Gasteiger partial charge on any atom is -0.424 e. The number of nitrogens with one attached hydrogen (secondary N) is 1. The molecule has 0 aliphatic carbocycles. The van der Waals surface area contributed by atoms with Crippen LogP contribution >= 0.6 is 0 Å². The van der Waals surface area contributed by atoms with Crippen LogP contribution in [0.25, 0.3) is 0 Å². The number of hydrogen-bond acceptors (Lipinski definition) is 6. The molecule has 10 heteroatoms. The lowest BCUT2D eigenvalue weighted by Crippen LogP contribution is -2.29. The second kappa shape index (κ2) is 8.38. The minimum atomic E-state index is -3.84. The zero-order valence-corrected chi connectivity index (χ0v) is 16.5. The van der Waals surface area contributed by atoms with E-state index in [-0.39, 0.29) is 16.7 Å². The fourth-order valence-corrected chi connectivity index (χ4v) is 3.86. The minimum absolute atomic E-state index is 0.0358. The monoisotopic (exact) mass is 415 g/mol. The molecule has 1 atom stereocenters. The smallest absolute Gasteiger partial charge is 0.322 e. The molecule has 0 amide bonds. The number of ether oxygens (including phenoxy) is 1. The van der Waals surface area contributed by atoms with Gasteiger partial charge in [0.2, 0.25) is 10.0 Å². The quantitative estimate of drug-likeness (QED) is 0.635. The largest absolute Gasteiger partial charge is 0.424 e. The molecule has 150 valence electrons. The lowest BCUT2D eigenvalue weighted by atomic mass is 10.2. The maximum atomic E-state index is 13.1. The van der Waals surface area contributed by atoms with Crippen molar-refractivity contribution in [2.75, 3.05) is 0 Å². The number of hydrogen-bond donors (Lipinski definition) is 1. The third-order valence-electron chi connectivity index (χ3n) is 4.10. The summed E-state index contributed by atoms with van der Waals surface area (Å²) in [6, 6.07) is 12.4. The van der Waals surface area contributed by atoms with Crippen LogP contribution in [0.4, 0.5) is 4.39 Å². The molecule has 2 aromatic carbocycles. The standard InChI is InChI=1S/C19H18FN5O3S/c1-3-25-18(22-23-19(25)28-16-8-6-15(20)7-9-16)13(2)24-29(26,27)17-10-4-14(12-21)5-11-17/h4-11,13,24H,3H2,1-2H3/t13-/m1/s1. The van der Waals surface area contributed by atoms with Crippen molar-refractivity contribution in [2.24, 2.45) is 0 Å². The third kappa shape index (κ3) is 4.59. The van der Waals surface area contributed by atoms with E-state index in [1.807, 2.05) is 13.0 Å². The highest BCUT2D eigenvalue weighted by molar-refractivity contribution is 7.89. The zero-order chi connectivity index (χ0) is 21.0. The van der Waals surface area contributed by atoms with Crippen LogP contribution < -0.4 is 9.46 Å². The van der Waals surface area contributed by atoms with E-state index in [9.17, 15) is 12.8 Å². The molecule has 1 heterocycles. The van der Waals surface area contributed by atoms with Crippen LogP contribution in [0.15, 0.2) is 53.4 Å². The van der Waals surface area contributed by atoms with E-state index in [1.165, 1.54) is 48.5 Å². The molecule has 3 rings (SSSR count). The van der Waals surface area contributed by atoms with Gasteiger partial charge in [-0.25, -0.2) is 17.5 Å². The molecule has 0 saturated heterocycles. The van der Waals surface area contributed by atoms with Crippen molar-refractivity contribution < 1.29 is 17.5 Å². The van der Waals surface area contributed by atoms with E-state index < -0.39 is 16.1 Å². The van der Waals surface area contributed by atoms with Crippen LogP contribution in [-0.2, 0) is 16.6 Å². The predicted octanol–water partition coefficient (Wildman–Crippen LogP) is 3.14. The number of rotatable bonds is 7. The van der Waals surface area contributed by atoms with Gasteiger partial charge in [0.05, 0.1) is 22.6 Å². The normalized spacial score (nSPS) is 12.3. The molecule has 0 spiro atoms. The van der Waals surface area contributed by atoms with Gasteiger partial charge in [0, 0.05) is 6.54 Å². The SMILES string of the molecule is CCn1c(Oc2ccc(F)cc2)nnc1[C@@H](C)NS(=O)(=O)c1ccc(C#N)cc1. The molecule has 0 unspecified atom stereocenters. The lowest BCUT2D eigenvalue weighted by molar-refractivity contribution is 0.407. The second-order valence-corrected chi connectivity index (χ2v) is 7.83. The van der Waals surface area contributed by atoms with Crippen LogP contribution in [0.3, 0.4) is 0 Å². The summed E-state index contributed by atoms with van der Waals surface area (Å²) in [6.45, 7) is 3.91. The van der Waals surface area contributed by atoms with Gasteiger partial charge in [0.25, 0.3) is 0 Å². The summed E-state index contributed by atoms with van der Waals surface area (Å²) in [4.78, 5) is 0.0358. The topological polar surface area (TPSA) is 110 Å². The van der Waals surface area contributed by atoms with Crippen molar-refractivity contribution in [1.82, 2.24) is 19.5 Å². The maximum absolute atomic E-state index is 13.1. The molecular weight excluding hydrogens is 397 g/mol. The summed E-state index contributed by atoms with van der Waals surface area (Å²) in [6.07, 6.45) is 0. The number of nitrogens with zero attached hydrogens (tertiary/aromatic N) is 4. The lowest BCUT2D eigenvalue weighted by Gasteiger charge is -2.15. The summed E-state index contributed by atoms with van der Waals surface area (Å²) < 4.78 is 48.1. The number of halogens is 1. The summed E-state index contributed by atoms with van der Waals surface area (Å²) in [5, 5.41) is 16.9. The van der Waals surface area contributed by atoms with E-state index in [4.69, 9.17) is 10.00 Å². The van der Waals surface area contributed by atoms with Crippen molar-refractivity contribution in [3.8, 4) is 17.8 Å². The Labute approximate surface area is 167 Å². The zero-order valence-electron chi connectivity index (χ0n) is 15.7. The predicted molar refractivity (Wildman–Crippen MR) is 102 cm³/mol. The Balaban J connectivity index is 1.81. The van der Waals surface area contributed by atoms with Gasteiger partial charge in [-0.2, -0.15) is 5.26 Å². The van der Waals surface area contributed by atoms with Gasteiger partial charge in [-0.15, -0.1) is 5.10 Å². The first-order valence-electron chi connectivity index (χ1n) is 8.73. The molecule has 29 heavy (non-hydrogen) atoms. The Kier molecular flexibility index (Phi) is 5.91.